The van der Waals surface area contributed by atoms with Gasteiger partial charge in [0.2, 0.25) is 0 Å². The lowest BCUT2D eigenvalue weighted by molar-refractivity contribution is 0.396. The molecule has 0 atom stereocenters. The summed E-state index contributed by atoms with van der Waals surface area (Å²) in [5, 5.41) is 12.5. The summed E-state index contributed by atoms with van der Waals surface area (Å²) >= 11 is 5.83. The van der Waals surface area contributed by atoms with Gasteiger partial charge in [-0.3, -0.25) is 0 Å². The van der Waals surface area contributed by atoms with E-state index in [0.29, 0.717) is 10.7 Å². The largest absolute Gasteiger partial charge is 0.380 e. The van der Waals surface area contributed by atoms with Crippen LogP contribution < -0.4 is 5.32 Å². The van der Waals surface area contributed by atoms with Crippen molar-refractivity contribution in [1.82, 2.24) is 0 Å². The normalized spacial score (nSPS) is 24.1. The topological polar surface area (TPSA) is 35.8 Å². The lowest BCUT2D eigenvalue weighted by Crippen LogP contribution is -2.26. The summed E-state index contributed by atoms with van der Waals surface area (Å²) in [5.74, 6) is -0.117. The Hall–Kier alpha value is -1.27. The molecule has 2 nitrogen and oxygen atoms in total. The van der Waals surface area contributed by atoms with Gasteiger partial charge in [0.25, 0.3) is 0 Å². The van der Waals surface area contributed by atoms with Gasteiger partial charge in [-0.15, -0.1) is 0 Å². The van der Waals surface area contributed by atoms with Crippen molar-refractivity contribution >= 4 is 17.3 Å². The number of nitrogens with zero attached hydrogens (tertiary/aromatic N) is 1. The zero-order valence-electron chi connectivity index (χ0n) is 9.42. The van der Waals surface area contributed by atoms with Crippen LogP contribution in [0.3, 0.4) is 0 Å². The molecular weight excluding hydrogens is 239 g/mol. The fraction of sp³-hybridized carbons (Fsp3) is 0.462. The SMILES string of the molecule is N#CC1CCC(Nc2cc(Cl)ccc2F)CC1. The second-order valence-corrected chi connectivity index (χ2v) is 4.88. The van der Waals surface area contributed by atoms with Gasteiger partial charge in [-0.25, -0.2) is 4.39 Å². The van der Waals surface area contributed by atoms with E-state index < -0.39 is 0 Å². The number of halogens is 2. The van der Waals surface area contributed by atoms with Crippen LogP contribution in [-0.2, 0) is 0 Å². The molecule has 1 saturated carbocycles. The van der Waals surface area contributed by atoms with Crippen LogP contribution in [-0.4, -0.2) is 6.04 Å². The highest BCUT2D eigenvalue weighted by Crippen LogP contribution is 2.28. The monoisotopic (exact) mass is 252 g/mol. The molecule has 0 amide bonds. The molecular formula is C13H14ClFN2. The predicted molar refractivity (Wildman–Crippen MR) is 66.4 cm³/mol. The Balaban J connectivity index is 1.98. The third-order valence-electron chi connectivity index (χ3n) is 3.20. The molecule has 2 rings (SSSR count). The Labute approximate surface area is 105 Å². The Morgan fingerprint density at radius 1 is 1.29 bits per heavy atom. The fourth-order valence-electron chi connectivity index (χ4n) is 2.19. The molecule has 1 N–H and O–H groups in total. The quantitative estimate of drug-likeness (QED) is 0.864. The minimum atomic E-state index is -0.281. The number of hydrogen-bond donors (Lipinski definition) is 1. The van der Waals surface area contributed by atoms with Gasteiger partial charge in [-0.05, 0) is 43.9 Å². The molecule has 1 aliphatic rings. The molecule has 0 heterocycles. The van der Waals surface area contributed by atoms with Crippen LogP contribution >= 0.6 is 11.6 Å². The van der Waals surface area contributed by atoms with Crippen molar-refractivity contribution < 1.29 is 4.39 Å². The average Bonchev–Trinajstić information content (AvgIpc) is 2.35. The maximum atomic E-state index is 13.5. The molecule has 17 heavy (non-hydrogen) atoms. The van der Waals surface area contributed by atoms with E-state index in [1.807, 2.05) is 0 Å². The highest BCUT2D eigenvalue weighted by molar-refractivity contribution is 6.30. The van der Waals surface area contributed by atoms with E-state index >= 15 is 0 Å². The number of hydrogen-bond acceptors (Lipinski definition) is 2. The zero-order chi connectivity index (χ0) is 12.3. The van der Waals surface area contributed by atoms with E-state index in [2.05, 4.69) is 11.4 Å². The lowest BCUT2D eigenvalue weighted by atomic mass is 9.87. The van der Waals surface area contributed by atoms with Gasteiger partial charge in [0.1, 0.15) is 5.82 Å². The van der Waals surface area contributed by atoms with Crippen molar-refractivity contribution in [2.45, 2.75) is 31.7 Å². The Kier molecular flexibility index (Phi) is 3.86. The molecule has 0 aliphatic heterocycles. The van der Waals surface area contributed by atoms with Gasteiger partial charge >= 0.3 is 0 Å². The summed E-state index contributed by atoms with van der Waals surface area (Å²) in [6.45, 7) is 0. The molecule has 1 aliphatic carbocycles. The Bertz CT molecular complexity index is 434. The summed E-state index contributed by atoms with van der Waals surface area (Å²) in [6, 6.07) is 7.04. The van der Waals surface area contributed by atoms with E-state index in [0.717, 1.165) is 25.7 Å². The van der Waals surface area contributed by atoms with Crippen LogP contribution in [0.15, 0.2) is 18.2 Å². The molecule has 1 aromatic carbocycles. The summed E-state index contributed by atoms with van der Waals surface area (Å²) in [4.78, 5) is 0. The fourth-order valence-corrected chi connectivity index (χ4v) is 2.37. The van der Waals surface area contributed by atoms with Gasteiger partial charge in [0, 0.05) is 17.0 Å². The molecule has 0 radical (unpaired) electrons. The lowest BCUT2D eigenvalue weighted by Gasteiger charge is -2.26. The second-order valence-electron chi connectivity index (χ2n) is 4.45. The molecule has 90 valence electrons. The summed E-state index contributed by atoms with van der Waals surface area (Å²) in [5.41, 5.74) is 0.456. The van der Waals surface area contributed by atoms with Crippen LogP contribution in [0.1, 0.15) is 25.7 Å². The molecule has 4 heteroatoms. The summed E-state index contributed by atoms with van der Waals surface area (Å²) in [7, 11) is 0. The van der Waals surface area contributed by atoms with Crippen LogP contribution in [0, 0.1) is 23.1 Å². The molecule has 0 spiro atoms. The molecule has 0 unspecified atom stereocenters. The standard InChI is InChI=1S/C13H14ClFN2/c14-10-3-6-12(15)13(7-10)17-11-4-1-9(8-16)2-5-11/h3,6-7,9,11,17H,1-2,4-5H2. The Morgan fingerprint density at radius 2 is 2.00 bits per heavy atom. The van der Waals surface area contributed by atoms with Crippen LogP contribution in [0.2, 0.25) is 5.02 Å². The van der Waals surface area contributed by atoms with Gasteiger partial charge in [0.15, 0.2) is 0 Å². The first-order valence-electron chi connectivity index (χ1n) is 5.80. The van der Waals surface area contributed by atoms with E-state index in [4.69, 9.17) is 16.9 Å². The molecule has 1 aromatic rings. The van der Waals surface area contributed by atoms with Crippen molar-refractivity contribution in [2.24, 2.45) is 5.92 Å². The van der Waals surface area contributed by atoms with E-state index in [1.54, 1.807) is 6.07 Å². The van der Waals surface area contributed by atoms with Gasteiger partial charge in [-0.1, -0.05) is 11.6 Å². The summed E-state index contributed by atoms with van der Waals surface area (Å²) < 4.78 is 13.5. The van der Waals surface area contributed by atoms with Gasteiger partial charge in [0.05, 0.1) is 11.8 Å². The third kappa shape index (κ3) is 3.10. The molecule has 1 fully saturated rings. The number of nitriles is 1. The second kappa shape index (κ2) is 5.37. The first-order chi connectivity index (χ1) is 8.19. The van der Waals surface area contributed by atoms with Gasteiger partial charge < -0.3 is 5.32 Å². The first-order valence-corrected chi connectivity index (χ1v) is 6.18. The molecule has 0 aromatic heterocycles. The van der Waals surface area contributed by atoms with Crippen molar-refractivity contribution in [1.29, 1.82) is 5.26 Å². The van der Waals surface area contributed by atoms with Crippen molar-refractivity contribution in [2.75, 3.05) is 5.32 Å². The Morgan fingerprint density at radius 3 is 2.65 bits per heavy atom. The molecule has 0 saturated heterocycles. The minimum absolute atomic E-state index is 0.164. The number of benzene rings is 1. The minimum Gasteiger partial charge on any atom is -0.380 e. The smallest absolute Gasteiger partial charge is 0.146 e. The van der Waals surface area contributed by atoms with Crippen molar-refractivity contribution in [3.8, 4) is 6.07 Å². The first kappa shape index (κ1) is 12.2. The number of rotatable bonds is 2. The van der Waals surface area contributed by atoms with E-state index in [9.17, 15) is 4.39 Å². The van der Waals surface area contributed by atoms with E-state index in [-0.39, 0.29) is 17.8 Å². The summed E-state index contributed by atoms with van der Waals surface area (Å²) in [6.07, 6.45) is 3.58. The molecule has 0 bridgehead atoms. The van der Waals surface area contributed by atoms with Crippen molar-refractivity contribution in [3.05, 3.63) is 29.0 Å². The van der Waals surface area contributed by atoms with Crippen LogP contribution in [0.5, 0.6) is 0 Å². The highest BCUT2D eigenvalue weighted by Gasteiger charge is 2.21. The van der Waals surface area contributed by atoms with Crippen LogP contribution in [0.25, 0.3) is 0 Å². The van der Waals surface area contributed by atoms with Crippen molar-refractivity contribution in [3.63, 3.8) is 0 Å². The maximum absolute atomic E-state index is 13.5. The average molecular weight is 253 g/mol. The maximum Gasteiger partial charge on any atom is 0.146 e. The van der Waals surface area contributed by atoms with Gasteiger partial charge in [-0.2, -0.15) is 5.26 Å². The highest BCUT2D eigenvalue weighted by atomic mass is 35.5. The number of anilines is 1. The number of nitrogens with one attached hydrogen (secondary N) is 1. The van der Waals surface area contributed by atoms with Crippen LogP contribution in [0.4, 0.5) is 10.1 Å². The third-order valence-corrected chi connectivity index (χ3v) is 3.43. The zero-order valence-corrected chi connectivity index (χ0v) is 10.2. The van der Waals surface area contributed by atoms with E-state index in [1.165, 1.54) is 12.1 Å². The predicted octanol–water partition coefficient (Wildman–Crippen LogP) is 3.97.